The first-order chi connectivity index (χ1) is 8.85. The normalized spacial score (nSPS) is 18.2. The van der Waals surface area contributed by atoms with E-state index < -0.39 is 0 Å². The number of aromatic nitrogens is 1. The van der Waals surface area contributed by atoms with Gasteiger partial charge in [-0.25, -0.2) is 4.98 Å². The molecule has 2 rings (SSSR count). The standard InChI is InChI=1S/C14H22BNO3/c1-9(2)12-10(3)11(7-16-13(12)17-6)15-18-8-14(4,5)19-15/h7,9H,8H2,1-6H3. The number of hydrogen-bond donors (Lipinski definition) is 0. The lowest BCUT2D eigenvalue weighted by Gasteiger charge is -2.19. The van der Waals surface area contributed by atoms with Gasteiger partial charge < -0.3 is 14.0 Å². The van der Waals surface area contributed by atoms with Crippen molar-refractivity contribution in [3.05, 3.63) is 17.3 Å². The van der Waals surface area contributed by atoms with Gasteiger partial charge in [-0.1, -0.05) is 13.8 Å². The molecule has 1 aliphatic rings. The Morgan fingerprint density at radius 3 is 2.58 bits per heavy atom. The quantitative estimate of drug-likeness (QED) is 0.782. The van der Waals surface area contributed by atoms with Crippen molar-refractivity contribution in [1.29, 1.82) is 0 Å². The zero-order valence-electron chi connectivity index (χ0n) is 12.6. The van der Waals surface area contributed by atoms with E-state index in [4.69, 9.17) is 14.0 Å². The van der Waals surface area contributed by atoms with E-state index >= 15 is 0 Å². The molecule has 1 aromatic rings. The van der Waals surface area contributed by atoms with Crippen LogP contribution in [0.2, 0.25) is 0 Å². The molecule has 1 fully saturated rings. The molecule has 0 bridgehead atoms. The lowest BCUT2D eigenvalue weighted by molar-refractivity contribution is 0.137. The minimum absolute atomic E-state index is 0.241. The van der Waals surface area contributed by atoms with E-state index in [0.717, 1.165) is 16.6 Å². The van der Waals surface area contributed by atoms with Crippen molar-refractivity contribution < 1.29 is 14.0 Å². The predicted octanol–water partition coefficient (Wildman–Crippen LogP) is 2.04. The topological polar surface area (TPSA) is 40.6 Å². The summed E-state index contributed by atoms with van der Waals surface area (Å²) in [6.07, 6.45) is 1.80. The van der Waals surface area contributed by atoms with Crippen LogP contribution in [0.4, 0.5) is 0 Å². The van der Waals surface area contributed by atoms with Gasteiger partial charge in [-0.2, -0.15) is 0 Å². The maximum atomic E-state index is 5.92. The summed E-state index contributed by atoms with van der Waals surface area (Å²) in [7, 11) is 1.32. The molecule has 0 radical (unpaired) electrons. The van der Waals surface area contributed by atoms with E-state index in [2.05, 4.69) is 25.8 Å². The molecule has 0 aliphatic carbocycles. The highest BCUT2D eigenvalue weighted by atomic mass is 16.7. The van der Waals surface area contributed by atoms with Gasteiger partial charge >= 0.3 is 7.12 Å². The minimum Gasteiger partial charge on any atom is -0.481 e. The summed E-state index contributed by atoms with van der Waals surface area (Å²) in [6, 6.07) is 0. The van der Waals surface area contributed by atoms with Crippen molar-refractivity contribution in [3.8, 4) is 5.88 Å². The molecular weight excluding hydrogens is 241 g/mol. The predicted molar refractivity (Wildman–Crippen MR) is 76.1 cm³/mol. The third kappa shape index (κ3) is 2.77. The van der Waals surface area contributed by atoms with Crippen molar-refractivity contribution in [3.63, 3.8) is 0 Å². The highest BCUT2D eigenvalue weighted by molar-refractivity contribution is 6.62. The first kappa shape index (κ1) is 14.3. The Bertz CT molecular complexity index is 474. The van der Waals surface area contributed by atoms with Crippen molar-refractivity contribution >= 4 is 12.6 Å². The molecule has 0 atom stereocenters. The van der Waals surface area contributed by atoms with Gasteiger partial charge in [0.2, 0.25) is 5.88 Å². The summed E-state index contributed by atoms with van der Waals surface area (Å²) in [5.41, 5.74) is 3.02. The molecule has 0 amide bonds. The van der Waals surface area contributed by atoms with Crippen LogP contribution in [0.3, 0.4) is 0 Å². The number of hydrogen-bond acceptors (Lipinski definition) is 4. The zero-order valence-corrected chi connectivity index (χ0v) is 12.6. The second-order valence-electron chi connectivity index (χ2n) is 5.94. The largest absolute Gasteiger partial charge is 0.496 e. The summed E-state index contributed by atoms with van der Waals surface area (Å²) in [4.78, 5) is 4.39. The molecule has 1 aromatic heterocycles. The lowest BCUT2D eigenvalue weighted by Crippen LogP contribution is -2.37. The molecule has 1 saturated heterocycles. The molecule has 19 heavy (non-hydrogen) atoms. The van der Waals surface area contributed by atoms with Crippen molar-refractivity contribution in [1.82, 2.24) is 4.98 Å². The van der Waals surface area contributed by atoms with Gasteiger partial charge in [-0.15, -0.1) is 0 Å². The molecule has 0 aromatic carbocycles. The van der Waals surface area contributed by atoms with Crippen LogP contribution in [-0.2, 0) is 9.31 Å². The van der Waals surface area contributed by atoms with Crippen LogP contribution in [0, 0.1) is 6.92 Å². The van der Waals surface area contributed by atoms with Gasteiger partial charge in [-0.3, -0.25) is 0 Å². The summed E-state index contributed by atoms with van der Waals surface area (Å²) in [5, 5.41) is 0. The molecule has 5 heteroatoms. The second kappa shape index (κ2) is 5.14. The van der Waals surface area contributed by atoms with Gasteiger partial charge in [0.05, 0.1) is 19.3 Å². The Morgan fingerprint density at radius 2 is 2.11 bits per heavy atom. The fraction of sp³-hybridized carbons (Fsp3) is 0.643. The Kier molecular flexibility index (Phi) is 3.88. The van der Waals surface area contributed by atoms with Crippen molar-refractivity contribution in [2.45, 2.75) is 46.1 Å². The van der Waals surface area contributed by atoms with Crippen LogP contribution in [0.1, 0.15) is 44.7 Å². The maximum Gasteiger partial charge on any atom is 0.496 e. The Hall–Kier alpha value is -1.07. The highest BCUT2D eigenvalue weighted by Gasteiger charge is 2.39. The second-order valence-corrected chi connectivity index (χ2v) is 5.94. The number of pyridine rings is 1. The lowest BCUT2D eigenvalue weighted by atomic mass is 9.75. The molecule has 0 N–H and O–H groups in total. The first-order valence-corrected chi connectivity index (χ1v) is 6.68. The van der Waals surface area contributed by atoms with Gasteiger partial charge in [-0.05, 0) is 32.3 Å². The van der Waals surface area contributed by atoms with E-state index in [0.29, 0.717) is 18.4 Å². The Labute approximate surface area is 115 Å². The smallest absolute Gasteiger partial charge is 0.481 e. The van der Waals surface area contributed by atoms with E-state index in [-0.39, 0.29) is 12.7 Å². The SMILES string of the molecule is COc1ncc(B2OCC(C)(C)O2)c(C)c1C(C)C. The summed E-state index contributed by atoms with van der Waals surface area (Å²) >= 11 is 0. The first-order valence-electron chi connectivity index (χ1n) is 6.68. The molecular formula is C14H22BNO3. The van der Waals surface area contributed by atoms with Gasteiger partial charge in [0.25, 0.3) is 0 Å². The van der Waals surface area contributed by atoms with Crippen LogP contribution < -0.4 is 10.2 Å². The third-order valence-corrected chi connectivity index (χ3v) is 3.42. The van der Waals surface area contributed by atoms with Crippen molar-refractivity contribution in [2.75, 3.05) is 13.7 Å². The molecule has 1 aliphatic heterocycles. The molecule has 2 heterocycles. The summed E-state index contributed by atoms with van der Waals surface area (Å²) < 4.78 is 17.0. The maximum absolute atomic E-state index is 5.92. The van der Waals surface area contributed by atoms with E-state index in [9.17, 15) is 0 Å². The molecule has 0 spiro atoms. The highest BCUT2D eigenvalue weighted by Crippen LogP contribution is 2.28. The number of rotatable bonds is 3. The van der Waals surface area contributed by atoms with Crippen molar-refractivity contribution in [2.24, 2.45) is 0 Å². The number of methoxy groups -OCH3 is 1. The fourth-order valence-electron chi connectivity index (χ4n) is 2.48. The molecule has 104 valence electrons. The molecule has 0 unspecified atom stereocenters. The van der Waals surface area contributed by atoms with Gasteiger partial charge in [0.15, 0.2) is 0 Å². The monoisotopic (exact) mass is 263 g/mol. The average molecular weight is 263 g/mol. The van der Waals surface area contributed by atoms with E-state index in [1.165, 1.54) is 0 Å². The van der Waals surface area contributed by atoms with Crippen LogP contribution in [0.15, 0.2) is 6.20 Å². The molecule has 0 saturated carbocycles. The number of nitrogens with zero attached hydrogens (tertiary/aromatic N) is 1. The number of ether oxygens (including phenoxy) is 1. The van der Waals surface area contributed by atoms with Crippen LogP contribution in [-0.4, -0.2) is 31.4 Å². The Morgan fingerprint density at radius 1 is 1.42 bits per heavy atom. The molecule has 4 nitrogen and oxygen atoms in total. The van der Waals surface area contributed by atoms with E-state index in [1.807, 2.05) is 13.8 Å². The summed E-state index contributed by atoms with van der Waals surface area (Å²) in [5.74, 6) is 1.03. The van der Waals surface area contributed by atoms with Gasteiger partial charge in [0, 0.05) is 17.2 Å². The van der Waals surface area contributed by atoms with Gasteiger partial charge in [0.1, 0.15) is 0 Å². The summed E-state index contributed by atoms with van der Waals surface area (Å²) in [6.45, 7) is 11.0. The fourth-order valence-corrected chi connectivity index (χ4v) is 2.48. The zero-order chi connectivity index (χ0) is 14.2. The van der Waals surface area contributed by atoms with Crippen LogP contribution in [0.25, 0.3) is 0 Å². The van der Waals surface area contributed by atoms with Crippen LogP contribution in [0.5, 0.6) is 5.88 Å². The third-order valence-electron chi connectivity index (χ3n) is 3.42. The average Bonchev–Trinajstić information content (AvgIpc) is 2.68. The minimum atomic E-state index is -0.328. The van der Waals surface area contributed by atoms with E-state index in [1.54, 1.807) is 13.3 Å². The Balaban J connectivity index is 2.40. The van der Waals surface area contributed by atoms with Crippen LogP contribution >= 0.6 is 0 Å².